The maximum atomic E-state index is 12.8. The van der Waals surface area contributed by atoms with Crippen molar-refractivity contribution >= 4 is 5.91 Å². The van der Waals surface area contributed by atoms with Crippen LogP contribution in [0.15, 0.2) is 48.5 Å². The van der Waals surface area contributed by atoms with Gasteiger partial charge in [0.1, 0.15) is 5.75 Å². The highest BCUT2D eigenvalue weighted by atomic mass is 19.4. The lowest BCUT2D eigenvalue weighted by Crippen LogP contribution is -2.27. The second kappa shape index (κ2) is 8.05. The first kappa shape index (κ1) is 18.8. The molecule has 1 N–H and O–H groups in total. The van der Waals surface area contributed by atoms with E-state index >= 15 is 0 Å². The van der Waals surface area contributed by atoms with E-state index in [0.29, 0.717) is 12.0 Å². The van der Waals surface area contributed by atoms with Gasteiger partial charge in [0.25, 0.3) is 0 Å². The van der Waals surface area contributed by atoms with Crippen LogP contribution in [0.2, 0.25) is 0 Å². The van der Waals surface area contributed by atoms with Crippen LogP contribution in [-0.4, -0.2) is 13.0 Å². The maximum absolute atomic E-state index is 12.8. The highest BCUT2D eigenvalue weighted by Gasteiger charge is 2.30. The smallest absolute Gasteiger partial charge is 0.416 e. The van der Waals surface area contributed by atoms with Gasteiger partial charge < -0.3 is 10.1 Å². The van der Waals surface area contributed by atoms with Gasteiger partial charge in [-0.1, -0.05) is 24.3 Å². The zero-order valence-corrected chi connectivity index (χ0v) is 14.1. The van der Waals surface area contributed by atoms with Crippen molar-refractivity contribution in [1.82, 2.24) is 5.32 Å². The Morgan fingerprint density at radius 2 is 1.84 bits per heavy atom. The fourth-order valence-electron chi connectivity index (χ4n) is 2.43. The standard InChI is InChI=1S/C19H20F3NO2/c1-13(15-4-3-5-16(12-15)19(20,21)22)23-18(24)11-8-14-6-9-17(25-2)10-7-14/h3-7,9-10,12-13H,8,11H2,1-2H3,(H,23,24). The third-order valence-electron chi connectivity index (χ3n) is 3.89. The molecule has 1 amide bonds. The van der Waals surface area contributed by atoms with E-state index in [1.54, 1.807) is 20.1 Å². The number of carbonyl (C=O) groups is 1. The number of hydrogen-bond donors (Lipinski definition) is 1. The number of carbonyl (C=O) groups excluding carboxylic acids is 1. The Balaban J connectivity index is 1.91. The van der Waals surface area contributed by atoms with Crippen molar-refractivity contribution in [3.8, 4) is 5.75 Å². The molecule has 2 aromatic rings. The fourth-order valence-corrected chi connectivity index (χ4v) is 2.43. The van der Waals surface area contributed by atoms with Crippen LogP contribution in [0, 0.1) is 0 Å². The molecule has 25 heavy (non-hydrogen) atoms. The molecule has 0 saturated carbocycles. The molecule has 0 radical (unpaired) electrons. The zero-order valence-electron chi connectivity index (χ0n) is 14.1. The molecule has 0 aliphatic rings. The lowest BCUT2D eigenvalue weighted by atomic mass is 10.0. The molecule has 3 nitrogen and oxygen atoms in total. The summed E-state index contributed by atoms with van der Waals surface area (Å²) in [4.78, 5) is 12.0. The molecular weight excluding hydrogens is 331 g/mol. The number of aryl methyl sites for hydroxylation is 1. The van der Waals surface area contributed by atoms with Crippen LogP contribution < -0.4 is 10.1 Å². The summed E-state index contributed by atoms with van der Waals surface area (Å²) < 4.78 is 43.4. The molecular formula is C19H20F3NO2. The van der Waals surface area contributed by atoms with Gasteiger partial charge in [-0.15, -0.1) is 0 Å². The van der Waals surface area contributed by atoms with Gasteiger partial charge in [-0.05, 0) is 48.7 Å². The predicted molar refractivity (Wildman–Crippen MR) is 89.3 cm³/mol. The second-order valence-electron chi connectivity index (χ2n) is 5.76. The lowest BCUT2D eigenvalue weighted by Gasteiger charge is -2.16. The van der Waals surface area contributed by atoms with E-state index < -0.39 is 17.8 Å². The third-order valence-corrected chi connectivity index (χ3v) is 3.89. The summed E-state index contributed by atoms with van der Waals surface area (Å²) in [5, 5.41) is 2.74. The number of nitrogens with one attached hydrogen (secondary N) is 1. The van der Waals surface area contributed by atoms with Crippen molar-refractivity contribution in [2.75, 3.05) is 7.11 Å². The molecule has 2 aromatic carbocycles. The van der Waals surface area contributed by atoms with E-state index in [9.17, 15) is 18.0 Å². The van der Waals surface area contributed by atoms with E-state index in [-0.39, 0.29) is 12.3 Å². The van der Waals surface area contributed by atoms with Crippen LogP contribution in [0.3, 0.4) is 0 Å². The van der Waals surface area contributed by atoms with Crippen molar-refractivity contribution in [1.29, 1.82) is 0 Å². The lowest BCUT2D eigenvalue weighted by molar-refractivity contribution is -0.137. The minimum atomic E-state index is -4.39. The summed E-state index contributed by atoms with van der Waals surface area (Å²) in [5.41, 5.74) is 0.694. The topological polar surface area (TPSA) is 38.3 Å². The van der Waals surface area contributed by atoms with Crippen molar-refractivity contribution < 1.29 is 22.7 Å². The number of ether oxygens (including phenoxy) is 1. The minimum Gasteiger partial charge on any atom is -0.497 e. The largest absolute Gasteiger partial charge is 0.497 e. The van der Waals surface area contributed by atoms with E-state index in [2.05, 4.69) is 5.32 Å². The predicted octanol–water partition coefficient (Wildman–Crippen LogP) is 4.52. The Kier molecular flexibility index (Phi) is 6.07. The molecule has 1 atom stereocenters. The van der Waals surface area contributed by atoms with Crippen LogP contribution in [0.1, 0.15) is 36.1 Å². The number of rotatable bonds is 6. The number of amides is 1. The SMILES string of the molecule is COc1ccc(CCC(=O)NC(C)c2cccc(C(F)(F)F)c2)cc1. The van der Waals surface area contributed by atoms with E-state index in [0.717, 1.165) is 23.4 Å². The summed E-state index contributed by atoms with van der Waals surface area (Å²) in [6.45, 7) is 1.67. The number of alkyl halides is 3. The normalized spacial score (nSPS) is 12.5. The molecule has 1 unspecified atom stereocenters. The van der Waals surface area contributed by atoms with Crippen LogP contribution in [0.25, 0.3) is 0 Å². The van der Waals surface area contributed by atoms with Gasteiger partial charge in [-0.2, -0.15) is 13.2 Å². The maximum Gasteiger partial charge on any atom is 0.416 e. The minimum absolute atomic E-state index is 0.208. The average Bonchev–Trinajstić information content (AvgIpc) is 2.59. The number of methoxy groups -OCH3 is 1. The Morgan fingerprint density at radius 1 is 1.16 bits per heavy atom. The third kappa shape index (κ3) is 5.52. The highest BCUT2D eigenvalue weighted by molar-refractivity contribution is 5.76. The molecule has 2 rings (SSSR count). The van der Waals surface area contributed by atoms with Gasteiger partial charge in [0, 0.05) is 6.42 Å². The molecule has 6 heteroatoms. The summed E-state index contributed by atoms with van der Waals surface area (Å²) in [5.74, 6) is 0.534. The first-order valence-electron chi connectivity index (χ1n) is 7.89. The summed E-state index contributed by atoms with van der Waals surface area (Å²) in [6.07, 6.45) is -3.59. The van der Waals surface area contributed by atoms with Crippen molar-refractivity contribution in [2.24, 2.45) is 0 Å². The zero-order chi connectivity index (χ0) is 18.4. The van der Waals surface area contributed by atoms with E-state index in [1.165, 1.54) is 6.07 Å². The fraction of sp³-hybridized carbons (Fsp3) is 0.316. The molecule has 0 aromatic heterocycles. The summed E-state index contributed by atoms with van der Waals surface area (Å²) in [6, 6.07) is 11.9. The molecule has 0 heterocycles. The van der Waals surface area contributed by atoms with Crippen molar-refractivity contribution in [3.63, 3.8) is 0 Å². The first-order chi connectivity index (χ1) is 11.8. The monoisotopic (exact) mass is 351 g/mol. The number of halogens is 3. The van der Waals surface area contributed by atoms with Gasteiger partial charge in [0.2, 0.25) is 5.91 Å². The van der Waals surface area contributed by atoms with Crippen LogP contribution >= 0.6 is 0 Å². The van der Waals surface area contributed by atoms with Crippen molar-refractivity contribution in [2.45, 2.75) is 32.0 Å². The highest BCUT2D eigenvalue weighted by Crippen LogP contribution is 2.30. The van der Waals surface area contributed by atoms with Gasteiger partial charge in [-0.25, -0.2) is 0 Å². The Bertz CT molecular complexity index is 711. The van der Waals surface area contributed by atoms with Gasteiger partial charge in [-0.3, -0.25) is 4.79 Å². The Hall–Kier alpha value is -2.50. The average molecular weight is 351 g/mol. The van der Waals surface area contributed by atoms with Crippen LogP contribution in [-0.2, 0) is 17.4 Å². The van der Waals surface area contributed by atoms with Gasteiger partial charge in [0.05, 0.1) is 18.7 Å². The Labute approximate surface area is 144 Å². The molecule has 0 bridgehead atoms. The van der Waals surface area contributed by atoms with Gasteiger partial charge in [0.15, 0.2) is 0 Å². The number of hydrogen-bond acceptors (Lipinski definition) is 2. The van der Waals surface area contributed by atoms with Crippen molar-refractivity contribution in [3.05, 3.63) is 65.2 Å². The molecule has 0 spiro atoms. The second-order valence-corrected chi connectivity index (χ2v) is 5.76. The van der Waals surface area contributed by atoms with Crippen LogP contribution in [0.5, 0.6) is 5.75 Å². The molecule has 0 aliphatic carbocycles. The molecule has 0 fully saturated rings. The van der Waals surface area contributed by atoms with Crippen LogP contribution in [0.4, 0.5) is 13.2 Å². The molecule has 134 valence electrons. The van der Waals surface area contributed by atoms with E-state index in [4.69, 9.17) is 4.74 Å². The molecule has 0 saturated heterocycles. The number of benzene rings is 2. The first-order valence-corrected chi connectivity index (χ1v) is 7.89. The van der Waals surface area contributed by atoms with Gasteiger partial charge >= 0.3 is 6.18 Å². The Morgan fingerprint density at radius 3 is 2.44 bits per heavy atom. The summed E-state index contributed by atoms with van der Waals surface area (Å²) >= 11 is 0. The summed E-state index contributed by atoms with van der Waals surface area (Å²) in [7, 11) is 1.58. The molecule has 0 aliphatic heterocycles. The quantitative estimate of drug-likeness (QED) is 0.831. The van der Waals surface area contributed by atoms with E-state index in [1.807, 2.05) is 24.3 Å².